The van der Waals surface area contributed by atoms with E-state index in [4.69, 9.17) is 5.73 Å². The zero-order valence-electron chi connectivity index (χ0n) is 9.83. The first-order chi connectivity index (χ1) is 7.22. The molecule has 1 aliphatic carbocycles. The second-order valence-electron chi connectivity index (χ2n) is 4.25. The topological polar surface area (TPSA) is 50.4 Å². The van der Waals surface area contributed by atoms with Crippen LogP contribution in [-0.2, 0) is 0 Å². The minimum Gasteiger partial charge on any atom is -0.370 e. The largest absolute Gasteiger partial charge is 0.370 e. The average Bonchev–Trinajstić information content (AvgIpc) is 2.27. The quantitative estimate of drug-likeness (QED) is 0.572. The van der Waals surface area contributed by atoms with Gasteiger partial charge >= 0.3 is 0 Å². The Balaban J connectivity index is 2.23. The maximum Gasteiger partial charge on any atom is 0.188 e. The van der Waals surface area contributed by atoms with Crippen LogP contribution in [0.5, 0.6) is 0 Å². The number of nitrogens with one attached hydrogen (secondary N) is 1. The maximum absolute atomic E-state index is 5.84. The predicted molar refractivity (Wildman–Crippen MR) is 69.5 cm³/mol. The van der Waals surface area contributed by atoms with Gasteiger partial charge in [-0.25, -0.2) is 0 Å². The van der Waals surface area contributed by atoms with Crippen molar-refractivity contribution in [3.8, 4) is 0 Å². The Morgan fingerprint density at radius 2 is 2.13 bits per heavy atom. The molecule has 0 spiro atoms. The molecule has 3 nitrogen and oxygen atoms in total. The van der Waals surface area contributed by atoms with Gasteiger partial charge in [0.05, 0.1) is 6.54 Å². The van der Waals surface area contributed by atoms with Crippen LogP contribution in [0.3, 0.4) is 0 Å². The molecule has 0 aromatic rings. The molecule has 0 amide bonds. The summed E-state index contributed by atoms with van der Waals surface area (Å²) >= 11 is 1.82. The summed E-state index contributed by atoms with van der Waals surface area (Å²) in [5, 5.41) is 3.87. The van der Waals surface area contributed by atoms with Crippen molar-refractivity contribution >= 4 is 17.7 Å². The molecule has 1 aliphatic rings. The van der Waals surface area contributed by atoms with Gasteiger partial charge in [0.25, 0.3) is 0 Å². The highest BCUT2D eigenvalue weighted by molar-refractivity contribution is 7.99. The lowest BCUT2D eigenvalue weighted by atomic mass is 9.96. The fourth-order valence-electron chi connectivity index (χ4n) is 1.80. The van der Waals surface area contributed by atoms with Crippen molar-refractivity contribution in [1.29, 1.82) is 0 Å². The van der Waals surface area contributed by atoms with E-state index >= 15 is 0 Å². The Bertz CT molecular complexity index is 200. The van der Waals surface area contributed by atoms with Crippen molar-refractivity contribution in [1.82, 2.24) is 5.32 Å². The molecule has 0 heterocycles. The summed E-state index contributed by atoms with van der Waals surface area (Å²) in [7, 11) is 0. The molecule has 1 fully saturated rings. The molecule has 0 bridgehead atoms. The molecule has 1 saturated carbocycles. The minimum absolute atomic E-state index is 0.553. The first-order valence-corrected chi connectivity index (χ1v) is 7.10. The van der Waals surface area contributed by atoms with Crippen LogP contribution in [-0.4, -0.2) is 30.1 Å². The zero-order valence-corrected chi connectivity index (χ0v) is 10.6. The van der Waals surface area contributed by atoms with E-state index in [1.54, 1.807) is 0 Å². The fourth-order valence-corrected chi connectivity index (χ4v) is 2.03. The molecule has 1 atom stereocenters. The standard InChI is InChI=1S/C11H23N3S/c1-9(15-2)8-13-11(12)14-10-6-4-3-5-7-10/h9-10H,3-8H2,1-2H3,(H3,12,13,14). The first kappa shape index (κ1) is 12.7. The monoisotopic (exact) mass is 229 g/mol. The molecule has 4 heteroatoms. The normalized spacial score (nSPS) is 21.3. The Labute approximate surface area is 97.3 Å². The number of nitrogens with zero attached hydrogens (tertiary/aromatic N) is 1. The van der Waals surface area contributed by atoms with E-state index in [1.807, 2.05) is 11.8 Å². The number of rotatable bonds is 4. The summed E-state index contributed by atoms with van der Waals surface area (Å²) in [6.07, 6.45) is 8.62. The van der Waals surface area contributed by atoms with Crippen LogP contribution in [0.2, 0.25) is 0 Å². The molecule has 1 rings (SSSR count). The number of nitrogens with two attached hydrogens (primary N) is 1. The zero-order chi connectivity index (χ0) is 11.1. The van der Waals surface area contributed by atoms with Gasteiger partial charge in [-0.2, -0.15) is 11.8 Å². The summed E-state index contributed by atoms with van der Waals surface area (Å²) in [6, 6.07) is 0.562. The van der Waals surface area contributed by atoms with Crippen LogP contribution < -0.4 is 11.1 Å². The average molecular weight is 229 g/mol. The van der Waals surface area contributed by atoms with E-state index in [0.717, 1.165) is 6.54 Å². The molecule has 15 heavy (non-hydrogen) atoms. The maximum atomic E-state index is 5.84. The molecular formula is C11H23N3S. The summed E-state index contributed by atoms with van der Waals surface area (Å²) < 4.78 is 0. The van der Waals surface area contributed by atoms with Crippen molar-refractivity contribution in [2.45, 2.75) is 50.3 Å². The molecule has 0 radical (unpaired) electrons. The number of hydrogen-bond acceptors (Lipinski definition) is 2. The van der Waals surface area contributed by atoms with Gasteiger partial charge in [-0.1, -0.05) is 26.2 Å². The highest BCUT2D eigenvalue weighted by Gasteiger charge is 2.13. The van der Waals surface area contributed by atoms with Gasteiger partial charge in [0.15, 0.2) is 5.96 Å². The van der Waals surface area contributed by atoms with Gasteiger partial charge in [0.2, 0.25) is 0 Å². The Kier molecular flexibility index (Phi) is 5.91. The van der Waals surface area contributed by atoms with Crippen molar-refractivity contribution < 1.29 is 0 Å². The van der Waals surface area contributed by atoms with E-state index in [2.05, 4.69) is 23.5 Å². The lowest BCUT2D eigenvalue weighted by Gasteiger charge is -2.23. The molecule has 88 valence electrons. The van der Waals surface area contributed by atoms with Crippen LogP contribution in [0.1, 0.15) is 39.0 Å². The third-order valence-corrected chi connectivity index (χ3v) is 3.83. The van der Waals surface area contributed by atoms with Gasteiger partial charge in [-0.05, 0) is 19.1 Å². The fraction of sp³-hybridized carbons (Fsp3) is 0.909. The van der Waals surface area contributed by atoms with Crippen LogP contribution >= 0.6 is 11.8 Å². The third-order valence-electron chi connectivity index (χ3n) is 2.88. The Morgan fingerprint density at radius 3 is 2.73 bits per heavy atom. The molecule has 0 aromatic heterocycles. The van der Waals surface area contributed by atoms with Gasteiger partial charge in [-0.3, -0.25) is 4.99 Å². The minimum atomic E-state index is 0.553. The second kappa shape index (κ2) is 6.99. The van der Waals surface area contributed by atoms with Crippen LogP contribution in [0.15, 0.2) is 4.99 Å². The number of aliphatic imine (C=N–C) groups is 1. The van der Waals surface area contributed by atoms with Gasteiger partial charge in [0.1, 0.15) is 0 Å². The van der Waals surface area contributed by atoms with E-state index in [1.165, 1.54) is 32.1 Å². The lowest BCUT2D eigenvalue weighted by molar-refractivity contribution is 0.412. The predicted octanol–water partition coefficient (Wildman–Crippen LogP) is 1.97. The summed E-state index contributed by atoms with van der Waals surface area (Å²) in [6.45, 7) is 2.98. The second-order valence-corrected chi connectivity index (χ2v) is 5.53. The van der Waals surface area contributed by atoms with E-state index in [9.17, 15) is 0 Å². The molecule has 0 aromatic carbocycles. The highest BCUT2D eigenvalue weighted by Crippen LogP contribution is 2.17. The van der Waals surface area contributed by atoms with E-state index in [0.29, 0.717) is 17.3 Å². The number of hydrogen-bond donors (Lipinski definition) is 2. The van der Waals surface area contributed by atoms with Gasteiger partial charge in [0, 0.05) is 11.3 Å². The van der Waals surface area contributed by atoms with Crippen molar-refractivity contribution in [3.63, 3.8) is 0 Å². The first-order valence-electron chi connectivity index (χ1n) is 5.81. The molecule has 0 saturated heterocycles. The number of thioether (sulfide) groups is 1. The molecule has 1 unspecified atom stereocenters. The lowest BCUT2D eigenvalue weighted by Crippen LogP contribution is -2.41. The highest BCUT2D eigenvalue weighted by atomic mass is 32.2. The molecule has 3 N–H and O–H groups in total. The summed E-state index contributed by atoms with van der Waals surface area (Å²) in [4.78, 5) is 4.35. The number of guanidine groups is 1. The van der Waals surface area contributed by atoms with Crippen molar-refractivity contribution in [2.24, 2.45) is 10.7 Å². The van der Waals surface area contributed by atoms with Crippen LogP contribution in [0, 0.1) is 0 Å². The van der Waals surface area contributed by atoms with Gasteiger partial charge < -0.3 is 11.1 Å². The Hall–Kier alpha value is -0.380. The smallest absolute Gasteiger partial charge is 0.188 e. The van der Waals surface area contributed by atoms with Crippen molar-refractivity contribution in [3.05, 3.63) is 0 Å². The van der Waals surface area contributed by atoms with Crippen LogP contribution in [0.25, 0.3) is 0 Å². The molecular weight excluding hydrogens is 206 g/mol. The van der Waals surface area contributed by atoms with E-state index in [-0.39, 0.29) is 0 Å². The Morgan fingerprint density at radius 1 is 1.47 bits per heavy atom. The molecule has 0 aliphatic heterocycles. The van der Waals surface area contributed by atoms with Crippen LogP contribution in [0.4, 0.5) is 0 Å². The van der Waals surface area contributed by atoms with E-state index < -0.39 is 0 Å². The summed E-state index contributed by atoms with van der Waals surface area (Å²) in [5.41, 5.74) is 5.84. The van der Waals surface area contributed by atoms with Crippen molar-refractivity contribution in [2.75, 3.05) is 12.8 Å². The van der Waals surface area contributed by atoms with Gasteiger partial charge in [-0.15, -0.1) is 0 Å². The SMILES string of the molecule is CSC(C)CN=C(N)NC1CCCCC1. The summed E-state index contributed by atoms with van der Waals surface area (Å²) in [5.74, 6) is 0.628. The third kappa shape index (κ3) is 5.30.